The molecule has 0 aromatic carbocycles. The number of hydrogen-bond acceptors (Lipinski definition) is 3. The predicted octanol–water partition coefficient (Wildman–Crippen LogP) is 2.02. The number of nitrogens with zero attached hydrogens (tertiary/aromatic N) is 3. The summed E-state index contributed by atoms with van der Waals surface area (Å²) in [5, 5.41) is 6.85. The van der Waals surface area contributed by atoms with Crippen LogP contribution in [-0.4, -0.2) is 52.1 Å². The van der Waals surface area contributed by atoms with Crippen LogP contribution >= 0.6 is 0 Å². The van der Waals surface area contributed by atoms with Crippen LogP contribution in [-0.2, 0) is 11.3 Å². The number of aromatic amines is 1. The molecule has 1 saturated carbocycles. The lowest BCUT2D eigenvalue weighted by Gasteiger charge is -2.31. The van der Waals surface area contributed by atoms with Crippen LogP contribution in [0.4, 0.5) is 0 Å². The highest BCUT2D eigenvalue weighted by Crippen LogP contribution is 2.28. The van der Waals surface area contributed by atoms with Gasteiger partial charge >= 0.3 is 0 Å². The first kappa shape index (κ1) is 14.6. The highest BCUT2D eigenvalue weighted by atomic mass is 16.2. The first-order chi connectivity index (χ1) is 10.2. The molecule has 1 aromatic rings. The first-order valence-electron chi connectivity index (χ1n) is 8.21. The normalized spacial score (nSPS) is 24.3. The molecule has 1 N–H and O–H groups in total. The van der Waals surface area contributed by atoms with E-state index >= 15 is 0 Å². The molecule has 5 nitrogen and oxygen atoms in total. The third kappa shape index (κ3) is 3.46. The fourth-order valence-electron chi connectivity index (χ4n) is 3.78. The van der Waals surface area contributed by atoms with Gasteiger partial charge in [0.05, 0.1) is 18.2 Å². The van der Waals surface area contributed by atoms with E-state index in [0.29, 0.717) is 6.54 Å². The second-order valence-corrected chi connectivity index (χ2v) is 6.55. The minimum atomic E-state index is 0.180. The standard InChI is InChI=1S/C16H26N4O/c1-19(12-14-7-9-17-18-14)16(21)13-8-10-20(11-13)15-5-3-2-4-6-15/h7,9,13,15H,2-6,8,10-12H2,1H3,(H,17,18)/t13-/m1/s1. The van der Waals surface area contributed by atoms with E-state index in [9.17, 15) is 4.79 Å². The van der Waals surface area contributed by atoms with Crippen LogP contribution in [0.5, 0.6) is 0 Å². The molecule has 1 aliphatic carbocycles. The maximum Gasteiger partial charge on any atom is 0.227 e. The summed E-state index contributed by atoms with van der Waals surface area (Å²) < 4.78 is 0. The van der Waals surface area contributed by atoms with E-state index in [1.54, 1.807) is 6.20 Å². The zero-order valence-electron chi connectivity index (χ0n) is 12.9. The summed E-state index contributed by atoms with van der Waals surface area (Å²) in [6, 6.07) is 2.65. The zero-order valence-corrected chi connectivity index (χ0v) is 12.9. The molecule has 1 aromatic heterocycles. The molecule has 1 atom stereocenters. The van der Waals surface area contributed by atoms with Gasteiger partial charge in [-0.15, -0.1) is 0 Å². The van der Waals surface area contributed by atoms with Gasteiger partial charge < -0.3 is 4.90 Å². The molecule has 2 aliphatic rings. The van der Waals surface area contributed by atoms with Crippen molar-refractivity contribution in [1.29, 1.82) is 0 Å². The lowest BCUT2D eigenvalue weighted by atomic mass is 9.94. The Balaban J connectivity index is 1.51. The predicted molar refractivity (Wildman–Crippen MR) is 81.6 cm³/mol. The summed E-state index contributed by atoms with van der Waals surface area (Å²) in [7, 11) is 1.90. The van der Waals surface area contributed by atoms with Gasteiger partial charge in [0.25, 0.3) is 0 Å². The number of nitrogens with one attached hydrogen (secondary N) is 1. The third-order valence-electron chi connectivity index (χ3n) is 5.00. The average Bonchev–Trinajstić information content (AvgIpc) is 3.18. The summed E-state index contributed by atoms with van der Waals surface area (Å²) in [5.74, 6) is 0.461. The van der Waals surface area contributed by atoms with E-state index in [2.05, 4.69) is 15.1 Å². The van der Waals surface area contributed by atoms with Gasteiger partial charge in [-0.3, -0.25) is 14.8 Å². The largest absolute Gasteiger partial charge is 0.340 e. The van der Waals surface area contributed by atoms with Crippen molar-refractivity contribution in [3.63, 3.8) is 0 Å². The van der Waals surface area contributed by atoms with E-state index in [1.807, 2.05) is 18.0 Å². The zero-order chi connectivity index (χ0) is 14.7. The summed E-state index contributed by atoms with van der Waals surface area (Å²) in [5.41, 5.74) is 0.994. The Hall–Kier alpha value is -1.36. The van der Waals surface area contributed by atoms with Crippen LogP contribution in [0.2, 0.25) is 0 Å². The van der Waals surface area contributed by atoms with Gasteiger partial charge in [-0.1, -0.05) is 19.3 Å². The number of amides is 1. The van der Waals surface area contributed by atoms with Gasteiger partial charge in [0, 0.05) is 25.8 Å². The molecule has 0 unspecified atom stereocenters. The molecule has 1 aliphatic heterocycles. The maximum absolute atomic E-state index is 12.6. The molecule has 2 fully saturated rings. The van der Waals surface area contributed by atoms with Gasteiger partial charge in [0.1, 0.15) is 0 Å². The smallest absolute Gasteiger partial charge is 0.227 e. The second-order valence-electron chi connectivity index (χ2n) is 6.55. The Bertz CT molecular complexity index is 453. The number of carbonyl (C=O) groups excluding carboxylic acids is 1. The van der Waals surface area contributed by atoms with Crippen LogP contribution in [0, 0.1) is 5.92 Å². The molecule has 0 spiro atoms. The number of carbonyl (C=O) groups is 1. The Morgan fingerprint density at radius 3 is 2.90 bits per heavy atom. The quantitative estimate of drug-likeness (QED) is 0.923. The molecule has 3 rings (SSSR count). The topological polar surface area (TPSA) is 52.2 Å². The molecule has 0 bridgehead atoms. The Labute approximate surface area is 126 Å². The third-order valence-corrected chi connectivity index (χ3v) is 5.00. The van der Waals surface area contributed by atoms with Gasteiger partial charge in [0.2, 0.25) is 5.91 Å². The number of hydrogen-bond donors (Lipinski definition) is 1. The van der Waals surface area contributed by atoms with Crippen molar-refractivity contribution >= 4 is 5.91 Å². The van der Waals surface area contributed by atoms with Gasteiger partial charge in [-0.05, 0) is 31.9 Å². The van der Waals surface area contributed by atoms with Gasteiger partial charge in [0.15, 0.2) is 0 Å². The van der Waals surface area contributed by atoms with Crippen molar-refractivity contribution in [1.82, 2.24) is 20.0 Å². The molecule has 1 amide bonds. The summed E-state index contributed by atoms with van der Waals surface area (Å²) >= 11 is 0. The van der Waals surface area contributed by atoms with E-state index in [0.717, 1.165) is 31.2 Å². The molecule has 21 heavy (non-hydrogen) atoms. The average molecular weight is 290 g/mol. The van der Waals surface area contributed by atoms with Crippen LogP contribution in [0.3, 0.4) is 0 Å². The van der Waals surface area contributed by atoms with E-state index < -0.39 is 0 Å². The molecule has 116 valence electrons. The fourth-order valence-corrected chi connectivity index (χ4v) is 3.78. The van der Waals surface area contributed by atoms with Crippen LogP contribution in [0.15, 0.2) is 12.3 Å². The molecule has 2 heterocycles. The minimum Gasteiger partial charge on any atom is -0.340 e. The Morgan fingerprint density at radius 1 is 1.38 bits per heavy atom. The molecular weight excluding hydrogens is 264 g/mol. The Kier molecular flexibility index (Phi) is 4.58. The molecule has 1 saturated heterocycles. The highest BCUT2D eigenvalue weighted by Gasteiger charge is 2.33. The van der Waals surface area contributed by atoms with E-state index in [1.165, 1.54) is 32.1 Å². The number of aromatic nitrogens is 2. The summed E-state index contributed by atoms with van der Waals surface area (Å²) in [4.78, 5) is 17.0. The van der Waals surface area contributed by atoms with E-state index in [-0.39, 0.29) is 11.8 Å². The highest BCUT2D eigenvalue weighted by molar-refractivity contribution is 5.79. The van der Waals surface area contributed by atoms with Crippen LogP contribution in [0.1, 0.15) is 44.2 Å². The lowest BCUT2D eigenvalue weighted by Crippen LogP contribution is -2.38. The second kappa shape index (κ2) is 6.60. The maximum atomic E-state index is 12.6. The van der Waals surface area contributed by atoms with Gasteiger partial charge in [-0.2, -0.15) is 5.10 Å². The van der Waals surface area contributed by atoms with Crippen molar-refractivity contribution in [2.24, 2.45) is 5.92 Å². The first-order valence-corrected chi connectivity index (χ1v) is 8.21. The lowest BCUT2D eigenvalue weighted by molar-refractivity contribution is -0.134. The molecule has 0 radical (unpaired) electrons. The van der Waals surface area contributed by atoms with Crippen molar-refractivity contribution in [3.8, 4) is 0 Å². The van der Waals surface area contributed by atoms with Crippen molar-refractivity contribution < 1.29 is 4.79 Å². The SMILES string of the molecule is CN(Cc1ccn[nH]1)C(=O)[C@@H]1CCN(C2CCCCC2)C1. The minimum absolute atomic E-state index is 0.180. The summed E-state index contributed by atoms with van der Waals surface area (Å²) in [6.07, 6.45) is 9.51. The van der Waals surface area contributed by atoms with Crippen molar-refractivity contribution in [2.45, 2.75) is 51.1 Å². The number of rotatable bonds is 4. The molecular formula is C16H26N4O. The van der Waals surface area contributed by atoms with Gasteiger partial charge in [-0.25, -0.2) is 0 Å². The van der Waals surface area contributed by atoms with Crippen molar-refractivity contribution in [2.75, 3.05) is 20.1 Å². The van der Waals surface area contributed by atoms with Crippen molar-refractivity contribution in [3.05, 3.63) is 18.0 Å². The summed E-state index contributed by atoms with van der Waals surface area (Å²) in [6.45, 7) is 2.68. The molecule has 5 heteroatoms. The Morgan fingerprint density at radius 2 is 2.19 bits per heavy atom. The number of H-pyrrole nitrogens is 1. The van der Waals surface area contributed by atoms with E-state index in [4.69, 9.17) is 0 Å². The van der Waals surface area contributed by atoms with Crippen LogP contribution < -0.4 is 0 Å². The van der Waals surface area contributed by atoms with Crippen LogP contribution in [0.25, 0.3) is 0 Å². The number of likely N-dealkylation sites (tertiary alicyclic amines) is 1. The monoisotopic (exact) mass is 290 g/mol. The fraction of sp³-hybridized carbons (Fsp3) is 0.750.